The second-order valence-corrected chi connectivity index (χ2v) is 2.66. The lowest BCUT2D eigenvalue weighted by Gasteiger charge is -2.06. The van der Waals surface area contributed by atoms with Gasteiger partial charge in [-0.1, -0.05) is 0 Å². The highest BCUT2D eigenvalue weighted by Gasteiger charge is 2.03. The highest BCUT2D eigenvalue weighted by Crippen LogP contribution is 2.23. The van der Waals surface area contributed by atoms with Crippen LogP contribution in [-0.4, -0.2) is 18.2 Å². The lowest BCUT2D eigenvalue weighted by atomic mass is 10.2. The summed E-state index contributed by atoms with van der Waals surface area (Å²) in [4.78, 5) is 10.7. The minimum atomic E-state index is -0.415. The van der Waals surface area contributed by atoms with E-state index in [0.717, 1.165) is 6.61 Å². The molecule has 0 fully saturated rings. The molecule has 0 aliphatic heterocycles. The Hall–Kier alpha value is -1.55. The van der Waals surface area contributed by atoms with Crippen LogP contribution in [0.4, 0.5) is 0 Å². The van der Waals surface area contributed by atoms with Crippen LogP contribution in [-0.2, 0) is 4.79 Å². The molecule has 0 saturated heterocycles. The zero-order chi connectivity index (χ0) is 10.6. The molecule has 14 heavy (non-hydrogen) atoms. The summed E-state index contributed by atoms with van der Waals surface area (Å²) in [5.41, 5.74) is 0.514. The third-order valence-corrected chi connectivity index (χ3v) is 1.55. The van der Waals surface area contributed by atoms with E-state index in [4.69, 9.17) is 14.6 Å². The predicted molar refractivity (Wildman–Crippen MR) is 49.6 cm³/mol. The highest BCUT2D eigenvalue weighted by molar-refractivity contribution is 5.69. The summed E-state index contributed by atoms with van der Waals surface area (Å²) >= 11 is 0. The molecule has 0 spiro atoms. The van der Waals surface area contributed by atoms with Gasteiger partial charge in [-0.3, -0.25) is 4.79 Å². The second-order valence-electron chi connectivity index (χ2n) is 2.66. The standard InChI is InChI=1S/C10H11O4/c1-7(12)14-10-4-8(6-11)3-9(5-10)13-2/h3-6,11H,1-2H3. The number of hydrogen-bond donors (Lipinski definition) is 1. The molecular formula is C10H11O4. The maximum Gasteiger partial charge on any atom is 0.308 e. The van der Waals surface area contributed by atoms with Crippen molar-refractivity contribution in [2.75, 3.05) is 7.11 Å². The van der Waals surface area contributed by atoms with E-state index in [2.05, 4.69) is 0 Å². The number of aliphatic hydroxyl groups is 1. The Morgan fingerprint density at radius 3 is 2.50 bits per heavy atom. The maximum atomic E-state index is 10.7. The molecule has 0 bridgehead atoms. The average molecular weight is 195 g/mol. The molecule has 4 heteroatoms. The summed E-state index contributed by atoms with van der Waals surface area (Å²) in [6.45, 7) is 2.22. The fourth-order valence-electron chi connectivity index (χ4n) is 1.01. The van der Waals surface area contributed by atoms with Crippen LogP contribution in [0.5, 0.6) is 11.5 Å². The summed E-state index contributed by atoms with van der Waals surface area (Å²) in [6.07, 6.45) is 0. The van der Waals surface area contributed by atoms with Gasteiger partial charge >= 0.3 is 5.97 Å². The molecule has 0 atom stereocenters. The quantitative estimate of drug-likeness (QED) is 0.586. The van der Waals surface area contributed by atoms with E-state index in [1.807, 2.05) is 0 Å². The third kappa shape index (κ3) is 2.74. The van der Waals surface area contributed by atoms with Crippen LogP contribution in [0.3, 0.4) is 0 Å². The molecular weight excluding hydrogens is 184 g/mol. The largest absolute Gasteiger partial charge is 0.497 e. The van der Waals surface area contributed by atoms with E-state index in [1.54, 1.807) is 12.1 Å². The van der Waals surface area contributed by atoms with E-state index < -0.39 is 5.97 Å². The van der Waals surface area contributed by atoms with Gasteiger partial charge in [0.15, 0.2) is 0 Å². The normalized spacial score (nSPS) is 9.64. The number of esters is 1. The Labute approximate surface area is 82.1 Å². The molecule has 0 saturated carbocycles. The van der Waals surface area contributed by atoms with Crippen LogP contribution in [0.15, 0.2) is 18.2 Å². The van der Waals surface area contributed by atoms with Gasteiger partial charge in [-0.2, -0.15) is 0 Å². The molecule has 1 N–H and O–H groups in total. The van der Waals surface area contributed by atoms with Crippen molar-refractivity contribution in [1.82, 2.24) is 0 Å². The predicted octanol–water partition coefficient (Wildman–Crippen LogP) is 1.50. The fourth-order valence-corrected chi connectivity index (χ4v) is 1.01. The zero-order valence-electron chi connectivity index (χ0n) is 7.98. The van der Waals surface area contributed by atoms with Gasteiger partial charge in [0.05, 0.1) is 7.11 Å². The van der Waals surface area contributed by atoms with Gasteiger partial charge in [-0.15, -0.1) is 0 Å². The molecule has 75 valence electrons. The lowest BCUT2D eigenvalue weighted by molar-refractivity contribution is -0.131. The Kier molecular flexibility index (Phi) is 3.48. The smallest absolute Gasteiger partial charge is 0.308 e. The van der Waals surface area contributed by atoms with Crippen LogP contribution in [0.2, 0.25) is 0 Å². The highest BCUT2D eigenvalue weighted by atomic mass is 16.5. The van der Waals surface area contributed by atoms with Crippen LogP contribution in [0, 0.1) is 6.61 Å². The van der Waals surface area contributed by atoms with Gasteiger partial charge < -0.3 is 14.6 Å². The van der Waals surface area contributed by atoms with Gasteiger partial charge in [0.25, 0.3) is 0 Å². The summed E-state index contributed by atoms with van der Waals surface area (Å²) in [5, 5.41) is 8.80. The third-order valence-electron chi connectivity index (χ3n) is 1.55. The number of aliphatic hydroxyl groups excluding tert-OH is 1. The number of hydrogen-bond acceptors (Lipinski definition) is 4. The monoisotopic (exact) mass is 195 g/mol. The first-order valence-corrected chi connectivity index (χ1v) is 4.00. The lowest BCUT2D eigenvalue weighted by Crippen LogP contribution is -2.02. The molecule has 0 amide bonds. The van der Waals surface area contributed by atoms with Gasteiger partial charge in [0.1, 0.15) is 18.1 Å². The summed E-state index contributed by atoms with van der Waals surface area (Å²) in [6, 6.07) is 4.71. The number of benzene rings is 1. The van der Waals surface area contributed by atoms with Gasteiger partial charge in [-0.25, -0.2) is 0 Å². The van der Waals surface area contributed by atoms with E-state index in [0.29, 0.717) is 17.1 Å². The molecule has 0 heterocycles. The van der Waals surface area contributed by atoms with E-state index in [-0.39, 0.29) is 0 Å². The van der Waals surface area contributed by atoms with E-state index >= 15 is 0 Å². The summed E-state index contributed by atoms with van der Waals surface area (Å²) < 4.78 is 9.81. The molecule has 1 rings (SSSR count). The number of rotatable bonds is 3. The first-order valence-electron chi connectivity index (χ1n) is 4.00. The van der Waals surface area contributed by atoms with Crippen molar-refractivity contribution in [3.63, 3.8) is 0 Å². The number of carbonyl (C=O) groups excluding carboxylic acids is 1. The molecule has 1 aromatic rings. The number of ether oxygens (including phenoxy) is 2. The minimum absolute atomic E-state index is 0.345. The Balaban J connectivity index is 2.98. The Bertz CT molecular complexity index is 311. The van der Waals surface area contributed by atoms with E-state index in [9.17, 15) is 4.79 Å². The summed E-state index contributed by atoms with van der Waals surface area (Å²) in [5.74, 6) is 0.448. The van der Waals surface area contributed by atoms with Crippen LogP contribution < -0.4 is 9.47 Å². The SMILES string of the molecule is COc1cc([CH]O)cc(OC(C)=O)c1. The van der Waals surface area contributed by atoms with Crippen molar-refractivity contribution in [3.05, 3.63) is 30.4 Å². The molecule has 0 unspecified atom stereocenters. The van der Waals surface area contributed by atoms with Crippen molar-refractivity contribution >= 4 is 5.97 Å². The minimum Gasteiger partial charge on any atom is -0.497 e. The molecule has 0 aliphatic rings. The number of methoxy groups -OCH3 is 1. The van der Waals surface area contributed by atoms with Crippen molar-refractivity contribution in [3.8, 4) is 11.5 Å². The van der Waals surface area contributed by atoms with E-state index in [1.165, 1.54) is 20.1 Å². The first-order chi connectivity index (χ1) is 6.65. The molecule has 1 aromatic carbocycles. The van der Waals surface area contributed by atoms with Crippen LogP contribution in [0.25, 0.3) is 0 Å². The average Bonchev–Trinajstić information content (AvgIpc) is 2.16. The Morgan fingerprint density at radius 1 is 1.36 bits per heavy atom. The molecule has 1 radical (unpaired) electrons. The number of carbonyl (C=O) groups is 1. The summed E-state index contributed by atoms with van der Waals surface area (Å²) in [7, 11) is 1.49. The maximum absolute atomic E-state index is 10.7. The van der Waals surface area contributed by atoms with Crippen molar-refractivity contribution in [1.29, 1.82) is 0 Å². The van der Waals surface area contributed by atoms with Gasteiger partial charge in [-0.05, 0) is 17.7 Å². The van der Waals surface area contributed by atoms with Gasteiger partial charge in [0, 0.05) is 13.0 Å². The molecule has 0 aromatic heterocycles. The van der Waals surface area contributed by atoms with Crippen molar-refractivity contribution < 1.29 is 19.4 Å². The molecule has 0 aliphatic carbocycles. The van der Waals surface area contributed by atoms with Crippen molar-refractivity contribution in [2.45, 2.75) is 6.92 Å². The van der Waals surface area contributed by atoms with Crippen molar-refractivity contribution in [2.24, 2.45) is 0 Å². The molecule has 4 nitrogen and oxygen atoms in total. The van der Waals surface area contributed by atoms with Crippen LogP contribution >= 0.6 is 0 Å². The van der Waals surface area contributed by atoms with Gasteiger partial charge in [0.2, 0.25) is 0 Å². The fraction of sp³-hybridized carbons (Fsp3) is 0.200. The van der Waals surface area contributed by atoms with Crippen LogP contribution in [0.1, 0.15) is 12.5 Å². The second kappa shape index (κ2) is 4.62. The first kappa shape index (κ1) is 10.5. The Morgan fingerprint density at radius 2 is 2.00 bits per heavy atom. The zero-order valence-corrected chi connectivity index (χ0v) is 7.98. The topological polar surface area (TPSA) is 55.8 Å².